The minimum absolute atomic E-state index is 0.170. The second-order valence-corrected chi connectivity index (χ2v) is 4.28. The first-order valence-corrected chi connectivity index (χ1v) is 5.67. The van der Waals surface area contributed by atoms with E-state index >= 15 is 0 Å². The zero-order valence-corrected chi connectivity index (χ0v) is 9.53. The summed E-state index contributed by atoms with van der Waals surface area (Å²) in [6, 6.07) is 7.97. The normalized spacial score (nSPS) is 18.1. The Balaban J connectivity index is 2.34. The van der Waals surface area contributed by atoms with Crippen molar-refractivity contribution in [3.8, 4) is 5.75 Å². The monoisotopic (exact) mass is 219 g/mol. The number of hydrogen-bond acceptors (Lipinski definition) is 2. The number of benzene rings is 1. The summed E-state index contributed by atoms with van der Waals surface area (Å²) in [4.78, 5) is 10.8. The van der Waals surface area contributed by atoms with E-state index in [-0.39, 0.29) is 5.54 Å². The Hall–Kier alpha value is -1.51. The number of hydrogen-bond donors (Lipinski definition) is 1. The molecule has 1 fully saturated rings. The first kappa shape index (κ1) is 11.0. The SMILES string of the molecule is COc1cccc(C2(NC=O)CCCC2)c1. The molecule has 0 aromatic heterocycles. The standard InChI is InChI=1S/C13H17NO2/c1-16-12-6-4-5-11(9-12)13(14-10-15)7-2-3-8-13/h4-6,9-10H,2-3,7-8H2,1H3,(H,14,15). The van der Waals surface area contributed by atoms with E-state index < -0.39 is 0 Å². The number of rotatable bonds is 4. The van der Waals surface area contributed by atoms with Crippen LogP contribution < -0.4 is 10.1 Å². The molecule has 1 amide bonds. The number of nitrogens with one attached hydrogen (secondary N) is 1. The van der Waals surface area contributed by atoms with Gasteiger partial charge in [0.05, 0.1) is 12.6 Å². The fourth-order valence-corrected chi connectivity index (χ4v) is 2.53. The van der Waals surface area contributed by atoms with Gasteiger partial charge in [0, 0.05) is 0 Å². The van der Waals surface area contributed by atoms with E-state index in [0.29, 0.717) is 0 Å². The van der Waals surface area contributed by atoms with Crippen LogP contribution in [0.4, 0.5) is 0 Å². The highest BCUT2D eigenvalue weighted by molar-refractivity contribution is 5.50. The van der Waals surface area contributed by atoms with Crippen molar-refractivity contribution in [3.05, 3.63) is 29.8 Å². The Bertz CT molecular complexity index is 370. The fraction of sp³-hybridized carbons (Fsp3) is 0.462. The molecule has 3 nitrogen and oxygen atoms in total. The molecular formula is C13H17NO2. The topological polar surface area (TPSA) is 38.3 Å². The van der Waals surface area contributed by atoms with Crippen LogP contribution in [0.25, 0.3) is 0 Å². The molecule has 1 aromatic carbocycles. The molecule has 1 aliphatic carbocycles. The summed E-state index contributed by atoms with van der Waals surface area (Å²) in [7, 11) is 1.66. The Morgan fingerprint density at radius 2 is 2.12 bits per heavy atom. The van der Waals surface area contributed by atoms with Gasteiger partial charge in [-0.15, -0.1) is 0 Å². The molecule has 0 heterocycles. The molecule has 0 saturated heterocycles. The molecule has 3 heteroatoms. The molecule has 2 rings (SSSR count). The third kappa shape index (κ3) is 1.90. The van der Waals surface area contributed by atoms with Crippen LogP contribution in [0.15, 0.2) is 24.3 Å². The highest BCUT2D eigenvalue weighted by Gasteiger charge is 2.35. The zero-order chi connectivity index (χ0) is 11.4. The van der Waals surface area contributed by atoms with E-state index in [2.05, 4.69) is 11.4 Å². The third-order valence-corrected chi connectivity index (χ3v) is 3.41. The second-order valence-electron chi connectivity index (χ2n) is 4.28. The number of carbonyl (C=O) groups excluding carboxylic acids is 1. The highest BCUT2D eigenvalue weighted by atomic mass is 16.5. The van der Waals surface area contributed by atoms with Crippen LogP contribution in [-0.4, -0.2) is 13.5 Å². The van der Waals surface area contributed by atoms with Gasteiger partial charge in [-0.1, -0.05) is 25.0 Å². The summed E-state index contributed by atoms with van der Waals surface area (Å²) in [5.74, 6) is 0.844. The molecule has 0 spiro atoms. The minimum Gasteiger partial charge on any atom is -0.497 e. The molecule has 0 bridgehead atoms. The lowest BCUT2D eigenvalue weighted by Gasteiger charge is -2.29. The van der Waals surface area contributed by atoms with Crippen LogP contribution in [0, 0.1) is 0 Å². The Kier molecular flexibility index (Phi) is 3.13. The number of ether oxygens (including phenoxy) is 1. The summed E-state index contributed by atoms with van der Waals surface area (Å²) >= 11 is 0. The smallest absolute Gasteiger partial charge is 0.207 e. The molecule has 86 valence electrons. The van der Waals surface area contributed by atoms with Crippen molar-refractivity contribution in [2.24, 2.45) is 0 Å². The van der Waals surface area contributed by atoms with Gasteiger partial charge in [0.1, 0.15) is 5.75 Å². The van der Waals surface area contributed by atoms with Crippen molar-refractivity contribution >= 4 is 6.41 Å². The van der Waals surface area contributed by atoms with E-state index in [4.69, 9.17) is 4.74 Å². The average molecular weight is 219 g/mol. The van der Waals surface area contributed by atoms with Crippen molar-refractivity contribution in [1.29, 1.82) is 0 Å². The van der Waals surface area contributed by atoms with Crippen LogP contribution in [0.1, 0.15) is 31.2 Å². The lowest BCUT2D eigenvalue weighted by Crippen LogP contribution is -2.38. The average Bonchev–Trinajstić information content (AvgIpc) is 2.80. The Morgan fingerprint density at radius 3 is 2.75 bits per heavy atom. The van der Waals surface area contributed by atoms with E-state index in [9.17, 15) is 4.79 Å². The predicted molar refractivity (Wildman–Crippen MR) is 62.3 cm³/mol. The summed E-state index contributed by atoms with van der Waals surface area (Å²) in [5, 5.41) is 2.99. The van der Waals surface area contributed by atoms with Gasteiger partial charge in [-0.3, -0.25) is 4.79 Å². The Morgan fingerprint density at radius 1 is 1.38 bits per heavy atom. The first-order chi connectivity index (χ1) is 7.80. The van der Waals surface area contributed by atoms with Gasteiger partial charge >= 0.3 is 0 Å². The number of methoxy groups -OCH3 is 1. The highest BCUT2D eigenvalue weighted by Crippen LogP contribution is 2.39. The largest absolute Gasteiger partial charge is 0.497 e. The van der Waals surface area contributed by atoms with Crippen molar-refractivity contribution in [2.45, 2.75) is 31.2 Å². The molecule has 0 atom stereocenters. The zero-order valence-electron chi connectivity index (χ0n) is 9.53. The number of carbonyl (C=O) groups is 1. The predicted octanol–water partition coefficient (Wildman–Crippen LogP) is 2.21. The van der Waals surface area contributed by atoms with Crippen LogP contribution in [0.5, 0.6) is 5.75 Å². The summed E-state index contributed by atoms with van der Waals surface area (Å²) in [5.41, 5.74) is 0.979. The van der Waals surface area contributed by atoms with Gasteiger partial charge in [0.15, 0.2) is 0 Å². The van der Waals surface area contributed by atoms with Gasteiger partial charge in [-0.2, -0.15) is 0 Å². The van der Waals surface area contributed by atoms with Crippen LogP contribution >= 0.6 is 0 Å². The lowest BCUT2D eigenvalue weighted by molar-refractivity contribution is -0.111. The molecular weight excluding hydrogens is 202 g/mol. The molecule has 1 aromatic rings. The summed E-state index contributed by atoms with van der Waals surface area (Å²) in [6.07, 6.45) is 5.17. The fourth-order valence-electron chi connectivity index (χ4n) is 2.53. The molecule has 0 aliphatic heterocycles. The van der Waals surface area contributed by atoms with E-state index in [1.807, 2.05) is 18.2 Å². The van der Waals surface area contributed by atoms with Gasteiger partial charge in [-0.25, -0.2) is 0 Å². The maximum Gasteiger partial charge on any atom is 0.207 e. The maximum absolute atomic E-state index is 10.8. The van der Waals surface area contributed by atoms with Crippen LogP contribution in [0.2, 0.25) is 0 Å². The van der Waals surface area contributed by atoms with E-state index in [1.165, 1.54) is 0 Å². The molecule has 16 heavy (non-hydrogen) atoms. The van der Waals surface area contributed by atoms with Crippen LogP contribution in [-0.2, 0) is 10.3 Å². The summed E-state index contributed by atoms with van der Waals surface area (Å²) < 4.78 is 5.22. The first-order valence-electron chi connectivity index (χ1n) is 5.67. The van der Waals surface area contributed by atoms with Gasteiger partial charge in [0.25, 0.3) is 0 Å². The summed E-state index contributed by atoms with van der Waals surface area (Å²) in [6.45, 7) is 0. The van der Waals surface area contributed by atoms with Gasteiger partial charge < -0.3 is 10.1 Å². The molecule has 0 unspecified atom stereocenters. The minimum atomic E-state index is -0.170. The molecule has 1 aliphatic rings. The quantitative estimate of drug-likeness (QED) is 0.788. The molecule has 1 N–H and O–H groups in total. The van der Waals surface area contributed by atoms with Crippen molar-refractivity contribution in [3.63, 3.8) is 0 Å². The van der Waals surface area contributed by atoms with Crippen LogP contribution in [0.3, 0.4) is 0 Å². The molecule has 1 saturated carbocycles. The molecule has 0 radical (unpaired) electrons. The number of amides is 1. The lowest BCUT2D eigenvalue weighted by atomic mass is 9.88. The van der Waals surface area contributed by atoms with E-state index in [1.54, 1.807) is 7.11 Å². The van der Waals surface area contributed by atoms with Crippen molar-refractivity contribution < 1.29 is 9.53 Å². The second kappa shape index (κ2) is 4.56. The van der Waals surface area contributed by atoms with Gasteiger partial charge in [-0.05, 0) is 30.5 Å². The van der Waals surface area contributed by atoms with Crippen molar-refractivity contribution in [1.82, 2.24) is 5.32 Å². The Labute approximate surface area is 95.8 Å². The van der Waals surface area contributed by atoms with E-state index in [0.717, 1.165) is 43.4 Å². The maximum atomic E-state index is 10.8. The van der Waals surface area contributed by atoms with Gasteiger partial charge in [0.2, 0.25) is 6.41 Å². The third-order valence-electron chi connectivity index (χ3n) is 3.41. The van der Waals surface area contributed by atoms with Crippen molar-refractivity contribution in [2.75, 3.05) is 7.11 Å².